The summed E-state index contributed by atoms with van der Waals surface area (Å²) < 4.78 is 0. The maximum atomic E-state index is 12.5. The Morgan fingerprint density at radius 2 is 2.04 bits per heavy atom. The predicted octanol–water partition coefficient (Wildman–Crippen LogP) is 3.72. The molecule has 2 heterocycles. The summed E-state index contributed by atoms with van der Waals surface area (Å²) >= 11 is 0. The Morgan fingerprint density at radius 3 is 2.75 bits per heavy atom. The molecule has 0 saturated carbocycles. The number of unbranched alkanes of at least 4 members (excludes halogenated alkanes) is 1. The highest BCUT2D eigenvalue weighted by Gasteiger charge is 2.27. The number of rotatable bonds is 5. The first-order valence-corrected chi connectivity index (χ1v) is 8.79. The summed E-state index contributed by atoms with van der Waals surface area (Å²) in [7, 11) is 0. The van der Waals surface area contributed by atoms with E-state index in [1.54, 1.807) is 0 Å². The molecule has 0 aromatic carbocycles. The van der Waals surface area contributed by atoms with E-state index in [9.17, 15) is 9.59 Å². The van der Waals surface area contributed by atoms with Gasteiger partial charge in [-0.05, 0) is 67.3 Å². The number of hydrogen-bond acceptors (Lipinski definition) is 3. The van der Waals surface area contributed by atoms with Gasteiger partial charge in [0.05, 0.1) is 5.56 Å². The van der Waals surface area contributed by atoms with E-state index in [0.29, 0.717) is 17.9 Å². The smallest absolute Gasteiger partial charge is 0.259 e. The number of aromatic nitrogens is 2. The van der Waals surface area contributed by atoms with Crippen molar-refractivity contribution in [1.82, 2.24) is 9.97 Å². The number of nitrogens with zero attached hydrogens (tertiary/aromatic N) is 1. The summed E-state index contributed by atoms with van der Waals surface area (Å²) in [5, 5.41) is 0. The van der Waals surface area contributed by atoms with E-state index in [1.807, 2.05) is 19.3 Å². The monoisotopic (exact) mass is 324 g/mol. The zero-order valence-corrected chi connectivity index (χ0v) is 14.4. The summed E-state index contributed by atoms with van der Waals surface area (Å²) in [6, 6.07) is 4.12. The quantitative estimate of drug-likeness (QED) is 0.853. The van der Waals surface area contributed by atoms with Gasteiger partial charge < -0.3 is 4.98 Å². The molecule has 0 bridgehead atoms. The Balaban J connectivity index is 1.97. The molecule has 1 aliphatic carbocycles. The molecule has 0 fully saturated rings. The fourth-order valence-corrected chi connectivity index (χ4v) is 3.72. The molecule has 2 aromatic rings. The van der Waals surface area contributed by atoms with Crippen molar-refractivity contribution in [2.75, 3.05) is 0 Å². The number of carbonyl (C=O) groups excluding carboxylic acids is 1. The first-order valence-electron chi connectivity index (χ1n) is 8.79. The standard InChI is InChI=1S/C20H24N2O2/c1-3-4-5-18(23)19-16-7-6-15(14-8-10-21-11-9-14)12-17(16)13(2)22-20(19)24/h8-11,15H,3-7,12H2,1-2H3,(H,22,24). The molecule has 126 valence electrons. The fraction of sp³-hybridized carbons (Fsp3) is 0.450. The summed E-state index contributed by atoms with van der Waals surface area (Å²) in [4.78, 5) is 31.9. The molecule has 0 spiro atoms. The molecule has 0 aliphatic heterocycles. The van der Waals surface area contributed by atoms with Gasteiger partial charge in [0.1, 0.15) is 0 Å². The number of aromatic amines is 1. The van der Waals surface area contributed by atoms with Crippen LogP contribution in [0.3, 0.4) is 0 Å². The van der Waals surface area contributed by atoms with Crippen LogP contribution in [0.5, 0.6) is 0 Å². The minimum Gasteiger partial charge on any atom is -0.326 e. The lowest BCUT2D eigenvalue weighted by atomic mass is 9.78. The minimum absolute atomic E-state index is 0.00305. The fourth-order valence-electron chi connectivity index (χ4n) is 3.72. The van der Waals surface area contributed by atoms with E-state index in [-0.39, 0.29) is 11.3 Å². The van der Waals surface area contributed by atoms with Gasteiger partial charge in [0.15, 0.2) is 5.78 Å². The van der Waals surface area contributed by atoms with Crippen LogP contribution in [0.2, 0.25) is 0 Å². The van der Waals surface area contributed by atoms with Crippen LogP contribution in [-0.4, -0.2) is 15.8 Å². The number of carbonyl (C=O) groups is 1. The zero-order chi connectivity index (χ0) is 17.1. The van der Waals surface area contributed by atoms with Gasteiger partial charge >= 0.3 is 0 Å². The van der Waals surface area contributed by atoms with E-state index in [1.165, 1.54) is 5.56 Å². The van der Waals surface area contributed by atoms with Crippen LogP contribution in [0.4, 0.5) is 0 Å². The van der Waals surface area contributed by atoms with E-state index in [2.05, 4.69) is 29.0 Å². The number of pyridine rings is 2. The second-order valence-corrected chi connectivity index (χ2v) is 6.66. The molecule has 1 atom stereocenters. The second-order valence-electron chi connectivity index (χ2n) is 6.66. The maximum Gasteiger partial charge on any atom is 0.259 e. The molecule has 0 amide bonds. The second kappa shape index (κ2) is 7.12. The first kappa shape index (κ1) is 16.6. The Hall–Kier alpha value is -2.23. The highest BCUT2D eigenvalue weighted by molar-refractivity contribution is 5.97. The highest BCUT2D eigenvalue weighted by Crippen LogP contribution is 2.34. The van der Waals surface area contributed by atoms with Gasteiger partial charge in [-0.1, -0.05) is 13.3 Å². The summed E-state index contributed by atoms with van der Waals surface area (Å²) in [6.07, 6.45) is 8.53. The number of Topliss-reactive ketones (excluding diaryl/α,β-unsaturated/α-hetero) is 1. The van der Waals surface area contributed by atoms with Crippen molar-refractivity contribution < 1.29 is 4.79 Å². The van der Waals surface area contributed by atoms with Crippen LogP contribution >= 0.6 is 0 Å². The van der Waals surface area contributed by atoms with Crippen molar-refractivity contribution in [2.45, 2.75) is 58.3 Å². The van der Waals surface area contributed by atoms with E-state index < -0.39 is 0 Å². The molecule has 0 radical (unpaired) electrons. The molecule has 1 aliphatic rings. The van der Waals surface area contributed by atoms with Crippen molar-refractivity contribution in [3.8, 4) is 0 Å². The van der Waals surface area contributed by atoms with Gasteiger partial charge in [0.25, 0.3) is 5.56 Å². The Kier molecular flexibility index (Phi) is 4.93. The van der Waals surface area contributed by atoms with Crippen molar-refractivity contribution in [2.24, 2.45) is 0 Å². The van der Waals surface area contributed by atoms with E-state index >= 15 is 0 Å². The minimum atomic E-state index is -0.213. The molecule has 3 rings (SSSR count). The van der Waals surface area contributed by atoms with E-state index in [4.69, 9.17) is 0 Å². The van der Waals surface area contributed by atoms with Gasteiger partial charge in [-0.15, -0.1) is 0 Å². The number of H-pyrrole nitrogens is 1. The van der Waals surface area contributed by atoms with Gasteiger partial charge in [0.2, 0.25) is 0 Å². The molecule has 4 nitrogen and oxygen atoms in total. The average molecular weight is 324 g/mol. The molecular weight excluding hydrogens is 300 g/mol. The highest BCUT2D eigenvalue weighted by atomic mass is 16.1. The third kappa shape index (κ3) is 3.18. The van der Waals surface area contributed by atoms with Crippen LogP contribution in [-0.2, 0) is 12.8 Å². The van der Waals surface area contributed by atoms with Gasteiger partial charge in [0, 0.05) is 24.5 Å². The molecule has 1 unspecified atom stereocenters. The molecule has 2 aromatic heterocycles. The lowest BCUT2D eigenvalue weighted by Crippen LogP contribution is -2.27. The molecule has 0 saturated heterocycles. The first-order chi connectivity index (χ1) is 11.6. The lowest BCUT2D eigenvalue weighted by molar-refractivity contribution is 0.0977. The van der Waals surface area contributed by atoms with Crippen LogP contribution in [0, 0.1) is 6.92 Å². The third-order valence-corrected chi connectivity index (χ3v) is 5.05. The summed E-state index contributed by atoms with van der Waals surface area (Å²) in [5.41, 5.74) is 4.53. The number of ketones is 1. The predicted molar refractivity (Wildman–Crippen MR) is 94.7 cm³/mol. The third-order valence-electron chi connectivity index (χ3n) is 5.05. The molecule has 1 N–H and O–H groups in total. The molecular formula is C20H24N2O2. The van der Waals surface area contributed by atoms with Crippen molar-refractivity contribution in [3.63, 3.8) is 0 Å². The number of hydrogen-bond donors (Lipinski definition) is 1. The Bertz CT molecular complexity index is 793. The van der Waals surface area contributed by atoms with Gasteiger partial charge in [-0.3, -0.25) is 14.6 Å². The van der Waals surface area contributed by atoms with Crippen LogP contribution in [0.1, 0.15) is 71.3 Å². The lowest BCUT2D eigenvalue weighted by Gasteiger charge is -2.27. The average Bonchev–Trinajstić information content (AvgIpc) is 2.60. The van der Waals surface area contributed by atoms with Gasteiger partial charge in [-0.25, -0.2) is 0 Å². The zero-order valence-electron chi connectivity index (χ0n) is 14.4. The van der Waals surface area contributed by atoms with E-state index in [0.717, 1.165) is 48.9 Å². The topological polar surface area (TPSA) is 62.8 Å². The largest absolute Gasteiger partial charge is 0.326 e. The number of aryl methyl sites for hydroxylation is 1. The number of nitrogens with one attached hydrogen (secondary N) is 1. The Labute approximate surface area is 142 Å². The normalized spacial score (nSPS) is 16.7. The van der Waals surface area contributed by atoms with Crippen molar-refractivity contribution >= 4 is 5.78 Å². The van der Waals surface area contributed by atoms with Crippen LogP contribution in [0.15, 0.2) is 29.3 Å². The van der Waals surface area contributed by atoms with Crippen LogP contribution in [0.25, 0.3) is 0 Å². The van der Waals surface area contributed by atoms with Crippen LogP contribution < -0.4 is 5.56 Å². The van der Waals surface area contributed by atoms with Crippen molar-refractivity contribution in [3.05, 3.63) is 62.8 Å². The SMILES string of the molecule is CCCCC(=O)c1c2c(c(C)[nH]c1=O)CC(c1ccncc1)CC2. The number of fused-ring (bicyclic) bond motifs is 1. The molecule has 4 heteroatoms. The maximum absolute atomic E-state index is 12.5. The van der Waals surface area contributed by atoms with Gasteiger partial charge in [-0.2, -0.15) is 0 Å². The summed E-state index contributed by atoms with van der Waals surface area (Å²) in [6.45, 7) is 4.00. The van der Waals surface area contributed by atoms with Crippen molar-refractivity contribution in [1.29, 1.82) is 0 Å². The Morgan fingerprint density at radius 1 is 1.29 bits per heavy atom. The summed E-state index contributed by atoms with van der Waals surface area (Å²) in [5.74, 6) is 0.417. The molecule has 24 heavy (non-hydrogen) atoms.